The first-order valence-corrected chi connectivity index (χ1v) is 6.45. The number of aliphatic hydroxyl groups excluding tert-OH is 1. The molecule has 1 N–H and O–H groups in total. The minimum absolute atomic E-state index is 0.00391. The molecule has 1 atom stereocenters. The highest BCUT2D eigenvalue weighted by Gasteiger charge is 2.29. The third kappa shape index (κ3) is 2.93. The number of hydrogen-bond donors (Lipinski definition) is 1. The second-order valence-corrected chi connectivity index (χ2v) is 4.98. The standard InChI is InChI=1S/C11H15ClN4O3/c1-7-9(16(18)19)10(14-11(12)13-7)15-4-2-3-8(5-15)6-17/h8,17H,2-6H2,1H3. The quantitative estimate of drug-likeness (QED) is 0.515. The maximum Gasteiger partial charge on any atom is 0.332 e. The summed E-state index contributed by atoms with van der Waals surface area (Å²) in [6, 6.07) is 0. The van der Waals surface area contributed by atoms with E-state index in [4.69, 9.17) is 11.6 Å². The van der Waals surface area contributed by atoms with Crippen molar-refractivity contribution in [3.8, 4) is 0 Å². The Morgan fingerprint density at radius 2 is 2.32 bits per heavy atom. The van der Waals surface area contributed by atoms with E-state index in [-0.39, 0.29) is 35.0 Å². The van der Waals surface area contributed by atoms with E-state index >= 15 is 0 Å². The summed E-state index contributed by atoms with van der Waals surface area (Å²) in [6.07, 6.45) is 1.78. The molecule has 1 aromatic heterocycles. The Balaban J connectivity index is 2.40. The van der Waals surface area contributed by atoms with E-state index in [0.717, 1.165) is 12.8 Å². The van der Waals surface area contributed by atoms with Gasteiger partial charge < -0.3 is 10.0 Å². The molecule has 1 aliphatic heterocycles. The Bertz CT molecular complexity index is 497. The Labute approximate surface area is 115 Å². The Kier molecular flexibility index (Phi) is 4.16. The predicted octanol–water partition coefficient (Wildman–Crippen LogP) is 1.56. The molecule has 2 rings (SSSR count). The van der Waals surface area contributed by atoms with Crippen molar-refractivity contribution in [3.63, 3.8) is 0 Å². The van der Waals surface area contributed by atoms with Gasteiger partial charge in [-0.2, -0.15) is 4.98 Å². The fraction of sp³-hybridized carbons (Fsp3) is 0.636. The van der Waals surface area contributed by atoms with Crippen molar-refractivity contribution in [1.82, 2.24) is 9.97 Å². The van der Waals surface area contributed by atoms with Crippen LogP contribution in [0.4, 0.5) is 11.5 Å². The molecule has 0 aromatic carbocycles. The first kappa shape index (κ1) is 14.0. The number of anilines is 1. The summed E-state index contributed by atoms with van der Waals surface area (Å²) >= 11 is 5.80. The minimum Gasteiger partial charge on any atom is -0.396 e. The van der Waals surface area contributed by atoms with E-state index in [1.807, 2.05) is 4.90 Å². The molecule has 2 heterocycles. The SMILES string of the molecule is Cc1nc(Cl)nc(N2CCCC(CO)C2)c1[N+](=O)[O-]. The van der Waals surface area contributed by atoms with Gasteiger partial charge in [0.25, 0.3) is 0 Å². The lowest BCUT2D eigenvalue weighted by Crippen LogP contribution is -2.37. The summed E-state index contributed by atoms with van der Waals surface area (Å²) in [7, 11) is 0. The lowest BCUT2D eigenvalue weighted by molar-refractivity contribution is -0.385. The number of aromatic nitrogens is 2. The van der Waals surface area contributed by atoms with Crippen LogP contribution in [0.3, 0.4) is 0 Å². The highest BCUT2D eigenvalue weighted by atomic mass is 35.5. The molecule has 0 radical (unpaired) electrons. The largest absolute Gasteiger partial charge is 0.396 e. The number of aryl methyl sites for hydroxylation is 1. The number of nitrogens with zero attached hydrogens (tertiary/aromatic N) is 4. The molecule has 0 bridgehead atoms. The van der Waals surface area contributed by atoms with E-state index in [1.165, 1.54) is 0 Å². The first-order valence-electron chi connectivity index (χ1n) is 6.07. The predicted molar refractivity (Wildman–Crippen MR) is 70.5 cm³/mol. The van der Waals surface area contributed by atoms with E-state index in [0.29, 0.717) is 13.1 Å². The van der Waals surface area contributed by atoms with Crippen molar-refractivity contribution in [2.75, 3.05) is 24.6 Å². The van der Waals surface area contributed by atoms with Gasteiger partial charge in [-0.15, -0.1) is 0 Å². The summed E-state index contributed by atoms with van der Waals surface area (Å²) in [5, 5.41) is 20.4. The smallest absolute Gasteiger partial charge is 0.332 e. The number of hydrogen-bond acceptors (Lipinski definition) is 6. The Hall–Kier alpha value is -1.47. The number of halogens is 1. The summed E-state index contributed by atoms with van der Waals surface area (Å²) < 4.78 is 0. The van der Waals surface area contributed by atoms with Gasteiger partial charge in [-0.05, 0) is 37.3 Å². The van der Waals surface area contributed by atoms with Crippen LogP contribution >= 0.6 is 11.6 Å². The topological polar surface area (TPSA) is 92.4 Å². The third-order valence-corrected chi connectivity index (χ3v) is 3.44. The Morgan fingerprint density at radius 1 is 1.58 bits per heavy atom. The van der Waals surface area contributed by atoms with Crippen molar-refractivity contribution in [2.45, 2.75) is 19.8 Å². The van der Waals surface area contributed by atoms with Crippen LogP contribution in [0.15, 0.2) is 0 Å². The second kappa shape index (κ2) is 5.66. The van der Waals surface area contributed by atoms with Gasteiger partial charge in [0.2, 0.25) is 11.1 Å². The van der Waals surface area contributed by atoms with Crippen molar-refractivity contribution in [1.29, 1.82) is 0 Å². The van der Waals surface area contributed by atoms with Crippen molar-refractivity contribution in [3.05, 3.63) is 21.1 Å². The van der Waals surface area contributed by atoms with Gasteiger partial charge in [-0.1, -0.05) is 0 Å². The normalized spacial score (nSPS) is 19.5. The first-order chi connectivity index (χ1) is 9.02. The van der Waals surface area contributed by atoms with Crippen LogP contribution in [-0.4, -0.2) is 39.7 Å². The summed E-state index contributed by atoms with van der Waals surface area (Å²) in [4.78, 5) is 20.3. The summed E-state index contributed by atoms with van der Waals surface area (Å²) in [6.45, 7) is 2.83. The molecule has 1 saturated heterocycles. The average molecular weight is 287 g/mol. The van der Waals surface area contributed by atoms with E-state index < -0.39 is 4.92 Å². The van der Waals surface area contributed by atoms with Crippen molar-refractivity contribution < 1.29 is 10.0 Å². The highest BCUT2D eigenvalue weighted by molar-refractivity contribution is 6.28. The van der Waals surface area contributed by atoms with Crippen LogP contribution in [-0.2, 0) is 0 Å². The lowest BCUT2D eigenvalue weighted by atomic mass is 9.99. The average Bonchev–Trinajstić information content (AvgIpc) is 2.37. The molecule has 104 valence electrons. The van der Waals surface area contributed by atoms with Gasteiger partial charge in [-0.25, -0.2) is 4.98 Å². The molecule has 0 spiro atoms. The third-order valence-electron chi connectivity index (χ3n) is 3.27. The zero-order chi connectivity index (χ0) is 14.0. The fourth-order valence-electron chi connectivity index (χ4n) is 2.36. The van der Waals surface area contributed by atoms with Crippen LogP contribution in [0.1, 0.15) is 18.5 Å². The molecule has 19 heavy (non-hydrogen) atoms. The maximum absolute atomic E-state index is 11.2. The minimum atomic E-state index is -0.483. The van der Waals surface area contributed by atoms with Gasteiger partial charge >= 0.3 is 5.69 Å². The van der Waals surface area contributed by atoms with Crippen LogP contribution in [0.2, 0.25) is 5.28 Å². The molecule has 0 saturated carbocycles. The second-order valence-electron chi connectivity index (χ2n) is 4.64. The van der Waals surface area contributed by atoms with E-state index in [1.54, 1.807) is 6.92 Å². The zero-order valence-electron chi connectivity index (χ0n) is 10.5. The molecular weight excluding hydrogens is 272 g/mol. The highest BCUT2D eigenvalue weighted by Crippen LogP contribution is 2.32. The van der Waals surface area contributed by atoms with Crippen LogP contribution in [0, 0.1) is 23.0 Å². The zero-order valence-corrected chi connectivity index (χ0v) is 11.3. The molecule has 1 aliphatic rings. The van der Waals surface area contributed by atoms with E-state index in [2.05, 4.69) is 9.97 Å². The van der Waals surface area contributed by atoms with Crippen molar-refractivity contribution >= 4 is 23.1 Å². The molecule has 7 nitrogen and oxygen atoms in total. The number of rotatable bonds is 3. The van der Waals surface area contributed by atoms with Gasteiger partial charge in [0, 0.05) is 19.7 Å². The van der Waals surface area contributed by atoms with Gasteiger partial charge in [0.15, 0.2) is 0 Å². The van der Waals surface area contributed by atoms with E-state index in [9.17, 15) is 15.2 Å². The fourth-order valence-corrected chi connectivity index (χ4v) is 2.57. The van der Waals surface area contributed by atoms with Crippen LogP contribution in [0.5, 0.6) is 0 Å². The summed E-state index contributed by atoms with van der Waals surface area (Å²) in [5.74, 6) is 0.364. The van der Waals surface area contributed by atoms with Gasteiger partial charge in [0.05, 0.1) is 4.92 Å². The molecular formula is C11H15ClN4O3. The molecule has 1 fully saturated rings. The summed E-state index contributed by atoms with van der Waals surface area (Å²) in [5.41, 5.74) is 0.147. The number of aliphatic hydroxyl groups is 1. The molecule has 8 heteroatoms. The number of nitro groups is 1. The van der Waals surface area contributed by atoms with Gasteiger partial charge in [0.1, 0.15) is 5.69 Å². The monoisotopic (exact) mass is 286 g/mol. The molecule has 1 unspecified atom stereocenters. The maximum atomic E-state index is 11.2. The van der Waals surface area contributed by atoms with Crippen LogP contribution in [0.25, 0.3) is 0 Å². The number of piperidine rings is 1. The van der Waals surface area contributed by atoms with Crippen LogP contribution < -0.4 is 4.90 Å². The lowest BCUT2D eigenvalue weighted by Gasteiger charge is -2.32. The van der Waals surface area contributed by atoms with Crippen molar-refractivity contribution in [2.24, 2.45) is 5.92 Å². The molecule has 0 aliphatic carbocycles. The molecule has 0 amide bonds. The molecule has 1 aromatic rings. The Morgan fingerprint density at radius 3 is 2.95 bits per heavy atom. The van der Waals surface area contributed by atoms with Gasteiger partial charge in [-0.3, -0.25) is 10.1 Å².